The van der Waals surface area contributed by atoms with Crippen molar-refractivity contribution in [3.8, 4) is 0 Å². The summed E-state index contributed by atoms with van der Waals surface area (Å²) in [5.41, 5.74) is 0. The van der Waals surface area contributed by atoms with Crippen LogP contribution < -0.4 is 0 Å². The van der Waals surface area contributed by atoms with Crippen LogP contribution in [0.3, 0.4) is 0 Å². The van der Waals surface area contributed by atoms with Crippen LogP contribution in [-0.2, 0) is 0 Å². The average molecular weight is 230 g/mol. The van der Waals surface area contributed by atoms with Gasteiger partial charge in [0.2, 0.25) is 0 Å². The maximum Gasteiger partial charge on any atom is -0.00813 e. The monoisotopic (exact) mass is 230 g/mol. The van der Waals surface area contributed by atoms with E-state index in [2.05, 4.69) is 39.8 Å². The highest BCUT2D eigenvalue weighted by atomic mass is 33.1. The van der Waals surface area contributed by atoms with Gasteiger partial charge in [0, 0.05) is 0 Å². The molecule has 0 aliphatic carbocycles. The summed E-state index contributed by atoms with van der Waals surface area (Å²) < 4.78 is 0. The standard InChI is InChI=1S/C12H22S2/c1-5-9-11(7-3)13-14-12(8-4)10-6-2/h7-8H,5-6,9-10H2,1-4H3/b11-7+,12-8+. The van der Waals surface area contributed by atoms with Gasteiger partial charge in [0.15, 0.2) is 0 Å². The lowest BCUT2D eigenvalue weighted by atomic mass is 10.3. The molecule has 14 heavy (non-hydrogen) atoms. The van der Waals surface area contributed by atoms with E-state index in [1.165, 1.54) is 35.5 Å². The van der Waals surface area contributed by atoms with Crippen molar-refractivity contribution >= 4 is 21.6 Å². The van der Waals surface area contributed by atoms with Crippen molar-refractivity contribution in [2.75, 3.05) is 0 Å². The molecule has 82 valence electrons. The Morgan fingerprint density at radius 3 is 1.43 bits per heavy atom. The Kier molecular flexibility index (Phi) is 9.85. The van der Waals surface area contributed by atoms with Gasteiger partial charge >= 0.3 is 0 Å². The Labute approximate surface area is 97.0 Å². The SMILES string of the molecule is C/C=C(\CCC)SS/C(=C/C)CCC. The molecule has 0 nitrogen and oxygen atoms in total. The van der Waals surface area contributed by atoms with Gasteiger partial charge in [-0.3, -0.25) is 0 Å². The van der Waals surface area contributed by atoms with Crippen LogP contribution in [0.5, 0.6) is 0 Å². The van der Waals surface area contributed by atoms with E-state index in [0.717, 1.165) is 0 Å². The van der Waals surface area contributed by atoms with E-state index >= 15 is 0 Å². The molecule has 0 heterocycles. The normalized spacial score (nSPS) is 13.4. The zero-order valence-corrected chi connectivity index (χ0v) is 11.4. The average Bonchev–Trinajstić information content (AvgIpc) is 2.22. The quantitative estimate of drug-likeness (QED) is 0.509. The molecule has 2 heteroatoms. The van der Waals surface area contributed by atoms with Gasteiger partial charge in [0.05, 0.1) is 0 Å². The van der Waals surface area contributed by atoms with Gasteiger partial charge in [-0.25, -0.2) is 0 Å². The first kappa shape index (κ1) is 14.2. The molecular formula is C12H22S2. The highest BCUT2D eigenvalue weighted by Gasteiger charge is 2.00. The van der Waals surface area contributed by atoms with Gasteiger partial charge in [0.25, 0.3) is 0 Å². The molecule has 0 saturated heterocycles. The van der Waals surface area contributed by atoms with Crippen molar-refractivity contribution < 1.29 is 0 Å². The first-order valence-corrected chi connectivity index (χ1v) is 7.58. The molecule has 0 N–H and O–H groups in total. The van der Waals surface area contributed by atoms with Crippen LogP contribution in [0.25, 0.3) is 0 Å². The minimum Gasteiger partial charge on any atom is -0.0772 e. The third-order valence-corrected chi connectivity index (χ3v) is 4.82. The van der Waals surface area contributed by atoms with Crippen molar-refractivity contribution in [3.63, 3.8) is 0 Å². The van der Waals surface area contributed by atoms with Crippen LogP contribution in [-0.4, -0.2) is 0 Å². The summed E-state index contributed by atoms with van der Waals surface area (Å²) >= 11 is 0. The van der Waals surface area contributed by atoms with E-state index in [4.69, 9.17) is 0 Å². The minimum atomic E-state index is 1.22. The summed E-state index contributed by atoms with van der Waals surface area (Å²) in [5, 5.41) is 0. The molecule has 0 unspecified atom stereocenters. The maximum absolute atomic E-state index is 2.24. The summed E-state index contributed by atoms with van der Waals surface area (Å²) in [4.78, 5) is 3.01. The molecule has 0 spiro atoms. The predicted molar refractivity (Wildman–Crippen MR) is 72.5 cm³/mol. The van der Waals surface area contributed by atoms with Crippen molar-refractivity contribution in [3.05, 3.63) is 22.0 Å². The van der Waals surface area contributed by atoms with E-state index in [-0.39, 0.29) is 0 Å². The van der Waals surface area contributed by atoms with E-state index in [1.807, 2.05) is 21.6 Å². The van der Waals surface area contributed by atoms with Gasteiger partial charge in [-0.2, -0.15) is 0 Å². The predicted octanol–water partition coefficient (Wildman–Crippen LogP) is 5.78. The lowest BCUT2D eigenvalue weighted by molar-refractivity contribution is 0.945. The van der Waals surface area contributed by atoms with Crippen molar-refractivity contribution in [2.45, 2.75) is 53.4 Å². The maximum atomic E-state index is 2.24. The molecule has 0 aromatic carbocycles. The molecule has 0 amide bonds. The zero-order chi connectivity index (χ0) is 10.8. The topological polar surface area (TPSA) is 0 Å². The second kappa shape index (κ2) is 9.72. The summed E-state index contributed by atoms with van der Waals surface area (Å²) in [6.45, 7) is 8.73. The van der Waals surface area contributed by atoms with E-state index in [0.29, 0.717) is 0 Å². The van der Waals surface area contributed by atoms with Crippen LogP contribution in [0, 0.1) is 0 Å². The molecule has 0 saturated carbocycles. The lowest BCUT2D eigenvalue weighted by Crippen LogP contribution is -1.76. The van der Waals surface area contributed by atoms with Crippen LogP contribution in [0.2, 0.25) is 0 Å². The Morgan fingerprint density at radius 1 is 0.857 bits per heavy atom. The van der Waals surface area contributed by atoms with Gasteiger partial charge < -0.3 is 0 Å². The molecule has 0 atom stereocenters. The Morgan fingerprint density at radius 2 is 1.21 bits per heavy atom. The van der Waals surface area contributed by atoms with Gasteiger partial charge in [-0.1, -0.05) is 60.4 Å². The summed E-state index contributed by atoms with van der Waals surface area (Å²) in [6, 6.07) is 0. The number of hydrogen-bond donors (Lipinski definition) is 0. The molecule has 0 aliphatic rings. The minimum absolute atomic E-state index is 1.22. The third kappa shape index (κ3) is 6.61. The molecule has 0 bridgehead atoms. The molecule has 0 radical (unpaired) electrons. The number of allylic oxidation sites excluding steroid dienone is 4. The second-order valence-electron chi connectivity index (χ2n) is 3.18. The van der Waals surface area contributed by atoms with E-state index in [1.54, 1.807) is 0 Å². The van der Waals surface area contributed by atoms with Crippen LogP contribution in [0.4, 0.5) is 0 Å². The molecule has 0 aliphatic heterocycles. The van der Waals surface area contributed by atoms with Crippen molar-refractivity contribution in [1.82, 2.24) is 0 Å². The highest BCUT2D eigenvalue weighted by Crippen LogP contribution is 2.39. The fourth-order valence-corrected chi connectivity index (χ4v) is 3.77. The molecule has 0 rings (SSSR count). The first-order chi connectivity index (χ1) is 6.78. The molecule has 0 aromatic rings. The fraction of sp³-hybridized carbons (Fsp3) is 0.667. The summed E-state index contributed by atoms with van der Waals surface area (Å²) in [6.07, 6.45) is 9.40. The molecular weight excluding hydrogens is 208 g/mol. The van der Waals surface area contributed by atoms with Gasteiger partial charge in [-0.15, -0.1) is 0 Å². The number of hydrogen-bond acceptors (Lipinski definition) is 2. The van der Waals surface area contributed by atoms with Crippen LogP contribution in [0.1, 0.15) is 53.4 Å². The molecule has 0 aromatic heterocycles. The second-order valence-corrected chi connectivity index (χ2v) is 5.56. The Bertz CT molecular complexity index is 170. The van der Waals surface area contributed by atoms with Gasteiger partial charge in [0.1, 0.15) is 0 Å². The van der Waals surface area contributed by atoms with Crippen LogP contribution in [0.15, 0.2) is 22.0 Å². The largest absolute Gasteiger partial charge is 0.0772 e. The third-order valence-electron chi connectivity index (χ3n) is 1.89. The Hall–Kier alpha value is 0.180. The highest BCUT2D eigenvalue weighted by molar-refractivity contribution is 8.79. The number of rotatable bonds is 7. The van der Waals surface area contributed by atoms with E-state index in [9.17, 15) is 0 Å². The van der Waals surface area contributed by atoms with Crippen LogP contribution >= 0.6 is 21.6 Å². The summed E-state index contributed by atoms with van der Waals surface area (Å²) in [5.74, 6) is 0. The Balaban J connectivity index is 3.89. The smallest absolute Gasteiger partial charge is 0.00813 e. The van der Waals surface area contributed by atoms with E-state index < -0.39 is 0 Å². The summed E-state index contributed by atoms with van der Waals surface area (Å²) in [7, 11) is 3.86. The zero-order valence-electron chi connectivity index (χ0n) is 9.80. The molecule has 0 fully saturated rings. The van der Waals surface area contributed by atoms with Crippen molar-refractivity contribution in [2.24, 2.45) is 0 Å². The van der Waals surface area contributed by atoms with Gasteiger partial charge in [-0.05, 0) is 36.5 Å². The first-order valence-electron chi connectivity index (χ1n) is 5.43. The lowest BCUT2D eigenvalue weighted by Gasteiger charge is -2.06. The van der Waals surface area contributed by atoms with Crippen molar-refractivity contribution in [1.29, 1.82) is 0 Å². The fourth-order valence-electron chi connectivity index (χ4n) is 1.07.